The maximum atomic E-state index is 13.9. The molecule has 0 spiro atoms. The highest BCUT2D eigenvalue weighted by molar-refractivity contribution is 7.21. The number of para-hydroxylation sites is 1. The quantitative estimate of drug-likeness (QED) is 0.607. The molecule has 2 aromatic heterocycles. The van der Waals surface area contributed by atoms with Crippen LogP contribution in [0.3, 0.4) is 0 Å². The number of nitrogens with two attached hydrogens (primary N) is 1. The number of aryl methyl sites for hydroxylation is 1. The topological polar surface area (TPSA) is 68.0 Å². The number of amides is 1. The van der Waals surface area contributed by atoms with Crippen LogP contribution in [-0.4, -0.2) is 10.9 Å². The number of halogens is 1. The highest BCUT2D eigenvalue weighted by atomic mass is 32.1. The lowest BCUT2D eigenvalue weighted by Gasteiger charge is -2.34. The smallest absolute Gasteiger partial charge is 0.268 e. The second-order valence-corrected chi connectivity index (χ2v) is 9.53. The number of pyridine rings is 1. The van der Waals surface area contributed by atoms with Crippen molar-refractivity contribution in [1.29, 1.82) is 0 Å². The largest absolute Gasteiger partial charge is 0.397 e. The predicted molar refractivity (Wildman–Crippen MR) is 113 cm³/mol. The molecule has 3 aromatic rings. The van der Waals surface area contributed by atoms with Crippen LogP contribution in [0.15, 0.2) is 30.3 Å². The number of anilines is 2. The Labute approximate surface area is 168 Å². The predicted octanol–water partition coefficient (Wildman–Crippen LogP) is 5.42. The van der Waals surface area contributed by atoms with Gasteiger partial charge in [0, 0.05) is 11.1 Å². The van der Waals surface area contributed by atoms with Crippen LogP contribution >= 0.6 is 11.3 Å². The number of hydrogen-bond donors (Lipinski definition) is 2. The maximum absolute atomic E-state index is 13.9. The number of fused-ring (bicyclic) bond motifs is 2. The molecule has 1 aliphatic carbocycles. The second-order valence-electron chi connectivity index (χ2n) is 8.53. The summed E-state index contributed by atoms with van der Waals surface area (Å²) in [4.78, 5) is 18.6. The first-order valence-electron chi connectivity index (χ1n) is 9.50. The minimum Gasteiger partial charge on any atom is -0.397 e. The van der Waals surface area contributed by atoms with Crippen molar-refractivity contribution in [3.8, 4) is 0 Å². The molecule has 1 atom stereocenters. The molecule has 1 aromatic carbocycles. The first-order chi connectivity index (χ1) is 13.2. The van der Waals surface area contributed by atoms with Gasteiger partial charge < -0.3 is 11.1 Å². The van der Waals surface area contributed by atoms with E-state index in [0.29, 0.717) is 16.5 Å². The summed E-state index contributed by atoms with van der Waals surface area (Å²) in [5.41, 5.74) is 9.44. The molecular weight excluding hydrogens is 373 g/mol. The molecule has 28 heavy (non-hydrogen) atoms. The Hall–Kier alpha value is -2.47. The molecule has 2 heterocycles. The Morgan fingerprint density at radius 3 is 2.79 bits per heavy atom. The van der Waals surface area contributed by atoms with Gasteiger partial charge >= 0.3 is 0 Å². The minimum atomic E-state index is -0.475. The molecular formula is C22H24FN3OS. The number of hydrogen-bond acceptors (Lipinski definition) is 4. The average Bonchev–Trinajstić information content (AvgIpc) is 2.96. The molecule has 146 valence electrons. The van der Waals surface area contributed by atoms with E-state index in [4.69, 9.17) is 10.7 Å². The minimum absolute atomic E-state index is 0.143. The van der Waals surface area contributed by atoms with Crippen molar-refractivity contribution in [2.75, 3.05) is 11.1 Å². The number of nitrogens with zero attached hydrogens (tertiary/aromatic N) is 1. The van der Waals surface area contributed by atoms with Gasteiger partial charge in [0.05, 0.1) is 11.4 Å². The standard InChI is InChI=1S/C22H24FN3OS/c1-22(2,3)13-8-9-16-12(10-13)11-14-18(24)19(28-21(14)26-16)20(27)25-17-7-5-4-6-15(17)23/h4-7,11,13H,8-10,24H2,1-3H3,(H,25,27). The van der Waals surface area contributed by atoms with Crippen molar-refractivity contribution >= 4 is 38.8 Å². The van der Waals surface area contributed by atoms with E-state index in [1.54, 1.807) is 12.1 Å². The summed E-state index contributed by atoms with van der Waals surface area (Å²) in [5, 5.41) is 3.43. The first kappa shape index (κ1) is 18.9. The van der Waals surface area contributed by atoms with Gasteiger partial charge in [0.2, 0.25) is 0 Å². The number of nitrogen functional groups attached to an aromatic ring is 1. The number of thiophene rings is 1. The van der Waals surface area contributed by atoms with Gasteiger partial charge in [-0.05, 0) is 54.4 Å². The van der Waals surface area contributed by atoms with E-state index in [9.17, 15) is 9.18 Å². The van der Waals surface area contributed by atoms with E-state index in [2.05, 4.69) is 32.2 Å². The summed E-state index contributed by atoms with van der Waals surface area (Å²) >= 11 is 1.27. The molecule has 0 saturated heterocycles. The van der Waals surface area contributed by atoms with Gasteiger partial charge in [0.15, 0.2) is 0 Å². The van der Waals surface area contributed by atoms with Crippen molar-refractivity contribution in [1.82, 2.24) is 4.98 Å². The molecule has 0 fully saturated rings. The number of carbonyl (C=O) groups excluding carboxylic acids is 1. The number of aromatic nitrogens is 1. The Balaban J connectivity index is 1.68. The van der Waals surface area contributed by atoms with Crippen LogP contribution in [0, 0.1) is 17.2 Å². The summed E-state index contributed by atoms with van der Waals surface area (Å²) in [6.45, 7) is 6.83. The van der Waals surface area contributed by atoms with Crippen LogP contribution < -0.4 is 11.1 Å². The number of benzene rings is 1. The van der Waals surface area contributed by atoms with Gasteiger partial charge in [-0.3, -0.25) is 4.79 Å². The fourth-order valence-corrected chi connectivity index (χ4v) is 4.83. The van der Waals surface area contributed by atoms with E-state index in [-0.39, 0.29) is 11.1 Å². The van der Waals surface area contributed by atoms with Gasteiger partial charge in [-0.25, -0.2) is 9.37 Å². The van der Waals surface area contributed by atoms with E-state index in [1.807, 2.05) is 0 Å². The van der Waals surface area contributed by atoms with Crippen molar-refractivity contribution in [3.05, 3.63) is 52.3 Å². The number of rotatable bonds is 2. The van der Waals surface area contributed by atoms with Crippen LogP contribution in [0.5, 0.6) is 0 Å². The summed E-state index contributed by atoms with van der Waals surface area (Å²) in [7, 11) is 0. The van der Waals surface area contributed by atoms with E-state index < -0.39 is 11.7 Å². The second kappa shape index (κ2) is 6.85. The van der Waals surface area contributed by atoms with Crippen molar-refractivity contribution in [3.63, 3.8) is 0 Å². The van der Waals surface area contributed by atoms with Crippen molar-refractivity contribution < 1.29 is 9.18 Å². The lowest BCUT2D eigenvalue weighted by molar-refractivity contribution is 0.103. The van der Waals surface area contributed by atoms with Crippen molar-refractivity contribution in [2.45, 2.75) is 40.0 Å². The van der Waals surface area contributed by atoms with Crippen molar-refractivity contribution in [2.24, 2.45) is 11.3 Å². The SMILES string of the molecule is CC(C)(C)C1CCc2nc3sc(C(=O)Nc4ccccc4F)c(N)c3cc2C1. The first-order valence-corrected chi connectivity index (χ1v) is 10.3. The van der Waals surface area contributed by atoms with E-state index in [1.165, 1.54) is 29.0 Å². The fraction of sp³-hybridized carbons (Fsp3) is 0.364. The van der Waals surface area contributed by atoms with E-state index in [0.717, 1.165) is 35.2 Å². The third kappa shape index (κ3) is 3.37. The molecule has 1 unspecified atom stereocenters. The lowest BCUT2D eigenvalue weighted by Crippen LogP contribution is -2.27. The van der Waals surface area contributed by atoms with Crippen LogP contribution in [0.1, 0.15) is 48.1 Å². The zero-order valence-corrected chi connectivity index (χ0v) is 17.1. The maximum Gasteiger partial charge on any atom is 0.268 e. The average molecular weight is 398 g/mol. The molecule has 1 aliphatic rings. The van der Waals surface area contributed by atoms with Crippen LogP contribution in [-0.2, 0) is 12.8 Å². The fourth-order valence-electron chi connectivity index (χ4n) is 3.84. The van der Waals surface area contributed by atoms with Crippen LogP contribution in [0.2, 0.25) is 0 Å². The van der Waals surface area contributed by atoms with E-state index >= 15 is 0 Å². The molecule has 3 N–H and O–H groups in total. The van der Waals surface area contributed by atoms with Gasteiger partial charge in [-0.2, -0.15) is 0 Å². The molecule has 4 nitrogen and oxygen atoms in total. The molecule has 0 aliphatic heterocycles. The normalized spacial score (nSPS) is 16.8. The molecule has 6 heteroatoms. The van der Waals surface area contributed by atoms with Crippen LogP contribution in [0.25, 0.3) is 10.2 Å². The molecule has 0 radical (unpaired) electrons. The summed E-state index contributed by atoms with van der Waals surface area (Å²) in [6, 6.07) is 8.19. The van der Waals surface area contributed by atoms with Gasteiger partial charge in [-0.1, -0.05) is 32.9 Å². The summed E-state index contributed by atoms with van der Waals surface area (Å²) < 4.78 is 13.9. The Kier molecular flexibility index (Phi) is 4.62. The molecule has 1 amide bonds. The molecule has 0 saturated carbocycles. The van der Waals surface area contributed by atoms with Gasteiger partial charge in [0.25, 0.3) is 5.91 Å². The highest BCUT2D eigenvalue weighted by Crippen LogP contribution is 2.40. The van der Waals surface area contributed by atoms with Gasteiger partial charge in [-0.15, -0.1) is 11.3 Å². The summed E-state index contributed by atoms with van der Waals surface area (Å²) in [5.74, 6) is -0.281. The Morgan fingerprint density at radius 1 is 1.32 bits per heavy atom. The lowest BCUT2D eigenvalue weighted by atomic mass is 9.71. The molecule has 4 rings (SSSR count). The highest BCUT2D eigenvalue weighted by Gasteiger charge is 2.30. The van der Waals surface area contributed by atoms with Gasteiger partial charge in [0.1, 0.15) is 15.5 Å². The third-order valence-electron chi connectivity index (χ3n) is 5.64. The molecule has 0 bridgehead atoms. The zero-order valence-electron chi connectivity index (χ0n) is 16.3. The number of nitrogens with one attached hydrogen (secondary N) is 1. The monoisotopic (exact) mass is 397 g/mol. The Morgan fingerprint density at radius 2 is 2.07 bits per heavy atom. The zero-order chi connectivity index (χ0) is 20.1. The summed E-state index contributed by atoms with van der Waals surface area (Å²) in [6.07, 6.45) is 3.05. The third-order valence-corrected chi connectivity index (χ3v) is 6.75. The number of carbonyl (C=O) groups is 1. The van der Waals surface area contributed by atoms with Crippen LogP contribution in [0.4, 0.5) is 15.8 Å². The Bertz CT molecular complexity index is 1070.